The second-order valence-electron chi connectivity index (χ2n) is 5.37. The van der Waals surface area contributed by atoms with E-state index < -0.39 is 23.0 Å². The first-order chi connectivity index (χ1) is 9.10. The fraction of sp³-hybridized carbons (Fsp3) is 0.857. The van der Waals surface area contributed by atoms with Gasteiger partial charge in [0.15, 0.2) is 0 Å². The van der Waals surface area contributed by atoms with Crippen molar-refractivity contribution >= 4 is 11.9 Å². The van der Waals surface area contributed by atoms with Gasteiger partial charge < -0.3 is 9.47 Å². The van der Waals surface area contributed by atoms with E-state index in [1.54, 1.807) is 65.7 Å². The van der Waals surface area contributed by atoms with Gasteiger partial charge in [0, 0.05) is 0 Å². The molecule has 2 unspecified atom stereocenters. The molecule has 0 saturated carbocycles. The Bertz CT molecular complexity index is 323. The molecule has 0 radical (unpaired) electrons. The van der Waals surface area contributed by atoms with Crippen LogP contribution in [-0.4, -0.2) is 74.2 Å². The van der Waals surface area contributed by atoms with Gasteiger partial charge in [-0.25, -0.2) is 9.59 Å². The van der Waals surface area contributed by atoms with E-state index >= 15 is 0 Å². The van der Waals surface area contributed by atoms with E-state index in [0.717, 1.165) is 0 Å². The largest absolute Gasteiger partial charge is 0.465 e. The van der Waals surface area contributed by atoms with Gasteiger partial charge in [0.25, 0.3) is 0 Å². The zero-order chi connectivity index (χ0) is 16.1. The van der Waals surface area contributed by atoms with Gasteiger partial charge in [-0.15, -0.1) is 0 Å². The van der Waals surface area contributed by atoms with E-state index in [-0.39, 0.29) is 13.2 Å². The molecule has 0 bridgehead atoms. The van der Waals surface area contributed by atoms with Crippen LogP contribution < -0.4 is 0 Å². The Morgan fingerprint density at radius 2 is 1.05 bits per heavy atom. The monoisotopic (exact) mass is 288 g/mol. The minimum absolute atomic E-state index is 0.259. The highest BCUT2D eigenvalue weighted by atomic mass is 16.5. The second kappa shape index (κ2) is 7.04. The molecule has 0 aliphatic carbocycles. The van der Waals surface area contributed by atoms with Crippen molar-refractivity contribution in [1.82, 2.24) is 9.80 Å². The number of nitrogens with zero attached hydrogens (tertiary/aromatic N) is 2. The number of hydrogen-bond donors (Lipinski definition) is 0. The lowest BCUT2D eigenvalue weighted by Crippen LogP contribution is -2.73. The first-order valence-electron chi connectivity index (χ1n) is 6.79. The van der Waals surface area contributed by atoms with Crippen LogP contribution in [0.15, 0.2) is 0 Å². The fourth-order valence-corrected chi connectivity index (χ4v) is 2.18. The van der Waals surface area contributed by atoms with Gasteiger partial charge in [0.05, 0.1) is 13.2 Å². The summed E-state index contributed by atoms with van der Waals surface area (Å²) in [5.74, 6) is -0.900. The average Bonchev–Trinajstić information content (AvgIpc) is 2.36. The number of carbonyl (C=O) groups is 2. The molecule has 0 N–H and O–H groups in total. The number of hydrogen-bond acceptors (Lipinski definition) is 6. The highest BCUT2D eigenvalue weighted by Crippen LogP contribution is 2.33. The van der Waals surface area contributed by atoms with E-state index in [1.807, 2.05) is 0 Å². The molecular formula is C14H28N2O4. The molecule has 0 aromatic heterocycles. The summed E-state index contributed by atoms with van der Waals surface area (Å²) in [5.41, 5.74) is -2.34. The molecule has 0 amide bonds. The summed E-state index contributed by atoms with van der Waals surface area (Å²) in [4.78, 5) is 28.3. The Balaban J connectivity index is 5.92. The van der Waals surface area contributed by atoms with Gasteiger partial charge in [-0.05, 0) is 55.9 Å². The first-order valence-corrected chi connectivity index (χ1v) is 6.79. The van der Waals surface area contributed by atoms with E-state index in [1.165, 1.54) is 0 Å². The van der Waals surface area contributed by atoms with Crippen LogP contribution in [0.4, 0.5) is 0 Å². The van der Waals surface area contributed by atoms with Crippen molar-refractivity contribution in [2.75, 3.05) is 41.4 Å². The lowest BCUT2D eigenvalue weighted by atomic mass is 9.77. The number of carbonyl (C=O) groups excluding carboxylic acids is 2. The average molecular weight is 288 g/mol. The van der Waals surface area contributed by atoms with Crippen LogP contribution in [0.3, 0.4) is 0 Å². The van der Waals surface area contributed by atoms with Gasteiger partial charge >= 0.3 is 11.9 Å². The molecule has 0 aromatic carbocycles. The molecule has 0 spiro atoms. The van der Waals surface area contributed by atoms with Crippen LogP contribution in [0.1, 0.15) is 27.7 Å². The summed E-state index contributed by atoms with van der Waals surface area (Å²) >= 11 is 0. The molecule has 6 nitrogen and oxygen atoms in total. The van der Waals surface area contributed by atoms with Gasteiger partial charge in [-0.3, -0.25) is 9.80 Å². The number of rotatable bonds is 7. The minimum atomic E-state index is -1.17. The third-order valence-corrected chi connectivity index (χ3v) is 4.08. The maximum absolute atomic E-state index is 12.5. The third kappa shape index (κ3) is 2.96. The second-order valence-corrected chi connectivity index (χ2v) is 5.37. The number of esters is 2. The maximum atomic E-state index is 12.5. The Labute approximate surface area is 122 Å². The van der Waals surface area contributed by atoms with Crippen LogP contribution in [-0.2, 0) is 19.1 Å². The summed E-state index contributed by atoms with van der Waals surface area (Å²) < 4.78 is 10.4. The Kier molecular flexibility index (Phi) is 6.64. The Morgan fingerprint density at radius 1 is 0.800 bits per heavy atom. The van der Waals surface area contributed by atoms with Gasteiger partial charge in [0.1, 0.15) is 11.1 Å². The smallest absolute Gasteiger partial charge is 0.328 e. The SMILES string of the molecule is CCOC(=O)C(C)(N(C)C)C(C)(C(=O)OCC)N(C)C. The fourth-order valence-electron chi connectivity index (χ4n) is 2.18. The van der Waals surface area contributed by atoms with E-state index in [4.69, 9.17) is 9.47 Å². The summed E-state index contributed by atoms with van der Waals surface area (Å²) in [6.45, 7) is 7.39. The van der Waals surface area contributed by atoms with Crippen molar-refractivity contribution in [3.05, 3.63) is 0 Å². The number of ether oxygens (including phenoxy) is 2. The molecule has 0 heterocycles. The van der Waals surface area contributed by atoms with Crippen molar-refractivity contribution in [2.24, 2.45) is 0 Å². The lowest BCUT2D eigenvalue weighted by Gasteiger charge is -2.49. The highest BCUT2D eigenvalue weighted by molar-refractivity contribution is 5.94. The van der Waals surface area contributed by atoms with Crippen molar-refractivity contribution in [2.45, 2.75) is 38.8 Å². The molecule has 6 heteroatoms. The van der Waals surface area contributed by atoms with Crippen molar-refractivity contribution in [1.29, 1.82) is 0 Å². The molecule has 20 heavy (non-hydrogen) atoms. The highest BCUT2D eigenvalue weighted by Gasteiger charge is 2.60. The minimum Gasteiger partial charge on any atom is -0.465 e. The maximum Gasteiger partial charge on any atom is 0.328 e. The number of likely N-dealkylation sites (N-methyl/N-ethyl adjacent to an activating group) is 2. The van der Waals surface area contributed by atoms with E-state index in [0.29, 0.717) is 0 Å². The first kappa shape index (κ1) is 18.9. The van der Waals surface area contributed by atoms with E-state index in [9.17, 15) is 9.59 Å². The summed E-state index contributed by atoms with van der Waals surface area (Å²) in [6.07, 6.45) is 0. The quantitative estimate of drug-likeness (QED) is 0.644. The normalized spacial score (nSPS) is 17.5. The molecule has 0 aromatic rings. The van der Waals surface area contributed by atoms with E-state index in [2.05, 4.69) is 0 Å². The molecule has 0 aliphatic rings. The standard InChI is InChI=1S/C14H28N2O4/c1-9-19-11(17)13(3,15(5)6)14(4,16(7)8)12(18)20-10-2/h9-10H2,1-8H3. The predicted molar refractivity (Wildman–Crippen MR) is 77.5 cm³/mol. The van der Waals surface area contributed by atoms with Crippen LogP contribution in [0.25, 0.3) is 0 Å². The lowest BCUT2D eigenvalue weighted by molar-refractivity contribution is -0.180. The Morgan fingerprint density at radius 3 is 1.20 bits per heavy atom. The molecule has 0 fully saturated rings. The van der Waals surface area contributed by atoms with Gasteiger partial charge in [-0.2, -0.15) is 0 Å². The zero-order valence-electron chi connectivity index (χ0n) is 13.9. The van der Waals surface area contributed by atoms with Crippen molar-refractivity contribution in [3.63, 3.8) is 0 Å². The van der Waals surface area contributed by atoms with Crippen LogP contribution in [0.5, 0.6) is 0 Å². The third-order valence-electron chi connectivity index (χ3n) is 4.08. The zero-order valence-corrected chi connectivity index (χ0v) is 13.9. The summed E-state index contributed by atoms with van der Waals surface area (Å²) in [7, 11) is 6.99. The molecule has 2 atom stereocenters. The molecule has 0 saturated heterocycles. The van der Waals surface area contributed by atoms with Crippen molar-refractivity contribution < 1.29 is 19.1 Å². The van der Waals surface area contributed by atoms with Gasteiger partial charge in [-0.1, -0.05) is 0 Å². The summed E-state index contributed by atoms with van der Waals surface area (Å²) in [5, 5.41) is 0. The van der Waals surface area contributed by atoms with Crippen LogP contribution in [0, 0.1) is 0 Å². The predicted octanol–water partition coefficient (Wildman–Crippen LogP) is 0.753. The van der Waals surface area contributed by atoms with Crippen LogP contribution >= 0.6 is 0 Å². The molecule has 118 valence electrons. The Hall–Kier alpha value is -1.14. The van der Waals surface area contributed by atoms with Gasteiger partial charge in [0.2, 0.25) is 0 Å². The van der Waals surface area contributed by atoms with Crippen molar-refractivity contribution in [3.8, 4) is 0 Å². The molecule has 0 aliphatic heterocycles. The summed E-state index contributed by atoms with van der Waals surface area (Å²) in [6, 6.07) is 0. The van der Waals surface area contributed by atoms with Crippen LogP contribution in [0.2, 0.25) is 0 Å². The topological polar surface area (TPSA) is 59.1 Å². The molecular weight excluding hydrogens is 260 g/mol. The molecule has 0 rings (SSSR count).